The number of aryl methyl sites for hydroxylation is 1. The first-order chi connectivity index (χ1) is 13.1. The molecule has 0 N–H and O–H groups in total. The highest BCUT2D eigenvalue weighted by atomic mass is 16.5. The average Bonchev–Trinajstić information content (AvgIpc) is 3.22. The molecule has 4 heterocycles. The van der Waals surface area contributed by atoms with Gasteiger partial charge in [0, 0.05) is 70.7 Å². The van der Waals surface area contributed by atoms with Gasteiger partial charge in [0.25, 0.3) is 5.91 Å². The molecule has 0 saturated carbocycles. The topological polar surface area (TPSA) is 65.0 Å². The average molecular weight is 374 g/mol. The summed E-state index contributed by atoms with van der Waals surface area (Å²) in [7, 11) is 2.16. The number of piperazine rings is 2. The first-order valence-corrected chi connectivity index (χ1v) is 10.0. The Hall–Kier alpha value is -1.93. The number of likely N-dealkylation sites (N-methyl/N-ethyl adjacent to an activating group) is 1. The SMILES string of the molecule is Cc1cc(N2CCN(C)CC2)nc(N2CCN(C(=O)C3CCCO3)CC2)n1. The fourth-order valence-electron chi connectivity index (χ4n) is 3.98. The van der Waals surface area contributed by atoms with Crippen LogP contribution in [0.15, 0.2) is 6.07 Å². The standard InChI is InChI=1S/C19H30N6O2/c1-15-14-17(23-7-5-22(2)6-8-23)21-19(20-15)25-11-9-24(10-12-25)18(26)16-4-3-13-27-16/h14,16H,3-13H2,1-2H3. The van der Waals surface area contributed by atoms with Crippen molar-refractivity contribution in [2.24, 2.45) is 0 Å². The van der Waals surface area contributed by atoms with Crippen molar-refractivity contribution in [3.63, 3.8) is 0 Å². The summed E-state index contributed by atoms with van der Waals surface area (Å²) in [6, 6.07) is 2.08. The predicted molar refractivity (Wildman–Crippen MR) is 104 cm³/mol. The highest BCUT2D eigenvalue weighted by Crippen LogP contribution is 2.21. The predicted octanol–water partition coefficient (Wildman–Crippen LogP) is 0.364. The van der Waals surface area contributed by atoms with Gasteiger partial charge in [-0.3, -0.25) is 4.79 Å². The first kappa shape index (κ1) is 18.4. The molecule has 1 aromatic rings. The molecule has 148 valence electrons. The van der Waals surface area contributed by atoms with Crippen LogP contribution in [0.25, 0.3) is 0 Å². The van der Waals surface area contributed by atoms with E-state index < -0.39 is 0 Å². The molecular formula is C19H30N6O2. The van der Waals surface area contributed by atoms with Crippen molar-refractivity contribution in [3.05, 3.63) is 11.8 Å². The summed E-state index contributed by atoms with van der Waals surface area (Å²) in [5.41, 5.74) is 0.992. The van der Waals surface area contributed by atoms with E-state index in [2.05, 4.69) is 32.8 Å². The molecule has 1 amide bonds. The van der Waals surface area contributed by atoms with Crippen LogP contribution in [0.3, 0.4) is 0 Å². The van der Waals surface area contributed by atoms with Crippen molar-refractivity contribution in [2.75, 3.05) is 75.8 Å². The second kappa shape index (κ2) is 7.98. The molecule has 1 atom stereocenters. The number of rotatable bonds is 3. The summed E-state index contributed by atoms with van der Waals surface area (Å²) in [5.74, 6) is 1.95. The number of nitrogens with zero attached hydrogens (tertiary/aromatic N) is 6. The van der Waals surface area contributed by atoms with Crippen molar-refractivity contribution in [2.45, 2.75) is 25.9 Å². The zero-order valence-electron chi connectivity index (χ0n) is 16.4. The Balaban J connectivity index is 1.40. The van der Waals surface area contributed by atoms with Gasteiger partial charge in [-0.05, 0) is 26.8 Å². The number of carbonyl (C=O) groups is 1. The molecule has 3 aliphatic heterocycles. The summed E-state index contributed by atoms with van der Waals surface area (Å²) in [6.45, 7) is 9.80. The maximum atomic E-state index is 12.5. The summed E-state index contributed by atoms with van der Waals surface area (Å²) < 4.78 is 5.55. The van der Waals surface area contributed by atoms with Crippen molar-refractivity contribution in [3.8, 4) is 0 Å². The van der Waals surface area contributed by atoms with Gasteiger partial charge in [0.2, 0.25) is 5.95 Å². The van der Waals surface area contributed by atoms with E-state index in [0.29, 0.717) is 19.7 Å². The van der Waals surface area contributed by atoms with E-state index in [-0.39, 0.29) is 12.0 Å². The molecule has 3 saturated heterocycles. The largest absolute Gasteiger partial charge is 0.368 e. The molecule has 0 aliphatic carbocycles. The van der Waals surface area contributed by atoms with Crippen molar-refractivity contribution in [1.29, 1.82) is 0 Å². The third-order valence-corrected chi connectivity index (χ3v) is 5.74. The number of anilines is 2. The molecule has 3 aliphatic rings. The number of aromatic nitrogens is 2. The van der Waals surface area contributed by atoms with Gasteiger partial charge in [0.05, 0.1) is 0 Å². The summed E-state index contributed by atoms with van der Waals surface area (Å²) >= 11 is 0. The normalized spacial score (nSPS) is 24.5. The Morgan fingerprint density at radius 3 is 2.41 bits per heavy atom. The van der Waals surface area contributed by atoms with Crippen LogP contribution in [-0.2, 0) is 9.53 Å². The number of ether oxygens (including phenoxy) is 1. The molecular weight excluding hydrogens is 344 g/mol. The minimum atomic E-state index is -0.226. The molecule has 4 rings (SSSR count). The molecule has 8 nitrogen and oxygen atoms in total. The second-order valence-electron chi connectivity index (χ2n) is 7.77. The fraction of sp³-hybridized carbons (Fsp3) is 0.737. The lowest BCUT2D eigenvalue weighted by atomic mass is 10.2. The molecule has 3 fully saturated rings. The zero-order valence-corrected chi connectivity index (χ0v) is 16.4. The van der Waals surface area contributed by atoms with Gasteiger partial charge in [0.1, 0.15) is 11.9 Å². The van der Waals surface area contributed by atoms with Crippen molar-refractivity contribution < 1.29 is 9.53 Å². The zero-order chi connectivity index (χ0) is 18.8. The highest BCUT2D eigenvalue weighted by Gasteiger charge is 2.31. The van der Waals surface area contributed by atoms with Gasteiger partial charge in [-0.2, -0.15) is 4.98 Å². The summed E-state index contributed by atoms with van der Waals surface area (Å²) in [5, 5.41) is 0. The van der Waals surface area contributed by atoms with E-state index in [0.717, 1.165) is 69.6 Å². The van der Waals surface area contributed by atoms with E-state index in [1.54, 1.807) is 0 Å². The van der Waals surface area contributed by atoms with Crippen LogP contribution in [0.5, 0.6) is 0 Å². The van der Waals surface area contributed by atoms with Crippen LogP contribution in [0.4, 0.5) is 11.8 Å². The van der Waals surface area contributed by atoms with Crippen LogP contribution < -0.4 is 9.80 Å². The Bertz CT molecular complexity index is 662. The van der Waals surface area contributed by atoms with E-state index >= 15 is 0 Å². The lowest BCUT2D eigenvalue weighted by Crippen LogP contribution is -2.52. The van der Waals surface area contributed by atoms with Gasteiger partial charge in [0.15, 0.2) is 0 Å². The van der Waals surface area contributed by atoms with Crippen LogP contribution >= 0.6 is 0 Å². The summed E-state index contributed by atoms with van der Waals surface area (Å²) in [4.78, 5) is 30.9. The Labute approximate surface area is 161 Å². The number of hydrogen-bond donors (Lipinski definition) is 0. The number of amides is 1. The molecule has 8 heteroatoms. The van der Waals surface area contributed by atoms with Crippen molar-refractivity contribution >= 4 is 17.7 Å². The van der Waals surface area contributed by atoms with E-state index in [9.17, 15) is 4.79 Å². The van der Waals surface area contributed by atoms with Gasteiger partial charge >= 0.3 is 0 Å². The van der Waals surface area contributed by atoms with E-state index in [4.69, 9.17) is 9.72 Å². The Kier molecular flexibility index (Phi) is 5.45. The van der Waals surface area contributed by atoms with Crippen LogP contribution in [-0.4, -0.2) is 97.8 Å². The number of carbonyl (C=O) groups excluding carboxylic acids is 1. The maximum absolute atomic E-state index is 12.5. The Morgan fingerprint density at radius 2 is 1.74 bits per heavy atom. The third kappa shape index (κ3) is 4.16. The molecule has 27 heavy (non-hydrogen) atoms. The molecule has 0 aromatic carbocycles. The van der Waals surface area contributed by atoms with Crippen LogP contribution in [0.1, 0.15) is 18.5 Å². The maximum Gasteiger partial charge on any atom is 0.251 e. The monoisotopic (exact) mass is 374 g/mol. The fourth-order valence-corrected chi connectivity index (χ4v) is 3.98. The molecule has 1 aromatic heterocycles. The molecule has 1 unspecified atom stereocenters. The van der Waals surface area contributed by atoms with Crippen LogP contribution in [0.2, 0.25) is 0 Å². The molecule has 0 radical (unpaired) electrons. The van der Waals surface area contributed by atoms with E-state index in [1.165, 1.54) is 0 Å². The summed E-state index contributed by atoms with van der Waals surface area (Å²) in [6.07, 6.45) is 1.62. The Morgan fingerprint density at radius 1 is 1.04 bits per heavy atom. The lowest BCUT2D eigenvalue weighted by molar-refractivity contribution is -0.141. The van der Waals surface area contributed by atoms with Crippen molar-refractivity contribution in [1.82, 2.24) is 19.8 Å². The third-order valence-electron chi connectivity index (χ3n) is 5.74. The van der Waals surface area contributed by atoms with Crippen LogP contribution in [0, 0.1) is 6.92 Å². The molecule has 0 bridgehead atoms. The quantitative estimate of drug-likeness (QED) is 0.757. The highest BCUT2D eigenvalue weighted by molar-refractivity contribution is 5.81. The smallest absolute Gasteiger partial charge is 0.251 e. The van der Waals surface area contributed by atoms with Gasteiger partial charge in [-0.15, -0.1) is 0 Å². The van der Waals surface area contributed by atoms with E-state index in [1.807, 2.05) is 11.8 Å². The van der Waals surface area contributed by atoms with Gasteiger partial charge in [-0.1, -0.05) is 0 Å². The van der Waals surface area contributed by atoms with Gasteiger partial charge < -0.3 is 24.3 Å². The second-order valence-corrected chi connectivity index (χ2v) is 7.77. The molecule has 0 spiro atoms. The lowest BCUT2D eigenvalue weighted by Gasteiger charge is -2.37. The first-order valence-electron chi connectivity index (χ1n) is 10.0. The minimum Gasteiger partial charge on any atom is -0.368 e. The number of hydrogen-bond acceptors (Lipinski definition) is 7. The van der Waals surface area contributed by atoms with Gasteiger partial charge in [-0.25, -0.2) is 4.98 Å². The minimum absolute atomic E-state index is 0.149.